The van der Waals surface area contributed by atoms with Crippen molar-refractivity contribution in [3.63, 3.8) is 0 Å². The van der Waals surface area contributed by atoms with Crippen molar-refractivity contribution >= 4 is 15.6 Å². The van der Waals surface area contributed by atoms with E-state index in [1.807, 2.05) is 18.2 Å². The summed E-state index contributed by atoms with van der Waals surface area (Å²) in [5.74, 6) is -0.0217. The van der Waals surface area contributed by atoms with Crippen LogP contribution in [-0.2, 0) is 15.6 Å². The molecule has 0 fully saturated rings. The number of ketones is 1. The molecular formula is C16H16O3S. The summed E-state index contributed by atoms with van der Waals surface area (Å²) in [6.45, 7) is 1.78. The molecule has 0 aliphatic carbocycles. The largest absolute Gasteiger partial charge is 0.294 e. The Morgan fingerprint density at radius 1 is 0.950 bits per heavy atom. The summed E-state index contributed by atoms with van der Waals surface area (Å²) < 4.78 is 24.5. The highest BCUT2D eigenvalue weighted by Crippen LogP contribution is 2.17. The van der Waals surface area contributed by atoms with Crippen LogP contribution in [0.25, 0.3) is 0 Å². The summed E-state index contributed by atoms with van der Waals surface area (Å²) in [6.07, 6.45) is 0.413. The van der Waals surface area contributed by atoms with E-state index in [9.17, 15) is 13.2 Å². The standard InChI is InChI=1S/C16H16O3S/c1-2-16(17)14-8-10-15(11-9-14)20(18,19)12-13-6-4-3-5-7-13/h3-11H,2,12H2,1H3. The van der Waals surface area contributed by atoms with Crippen molar-refractivity contribution in [2.75, 3.05) is 0 Å². The first-order chi connectivity index (χ1) is 9.53. The summed E-state index contributed by atoms with van der Waals surface area (Å²) in [6, 6.07) is 15.2. The highest BCUT2D eigenvalue weighted by Gasteiger charge is 2.15. The Balaban J connectivity index is 2.24. The van der Waals surface area contributed by atoms with Crippen LogP contribution in [0.2, 0.25) is 0 Å². The molecule has 2 aromatic rings. The van der Waals surface area contributed by atoms with Gasteiger partial charge in [-0.05, 0) is 17.7 Å². The average Bonchev–Trinajstić information content (AvgIpc) is 2.47. The third kappa shape index (κ3) is 3.33. The van der Waals surface area contributed by atoms with Crippen molar-refractivity contribution in [1.29, 1.82) is 0 Å². The van der Waals surface area contributed by atoms with Gasteiger partial charge in [-0.2, -0.15) is 0 Å². The predicted molar refractivity (Wildman–Crippen MR) is 78.4 cm³/mol. The van der Waals surface area contributed by atoms with Gasteiger partial charge in [0.25, 0.3) is 0 Å². The Morgan fingerprint density at radius 3 is 2.10 bits per heavy atom. The molecule has 0 atom stereocenters. The van der Waals surface area contributed by atoms with Crippen LogP contribution in [0.3, 0.4) is 0 Å². The number of sulfone groups is 1. The molecule has 2 rings (SSSR count). The first kappa shape index (κ1) is 14.5. The van der Waals surface area contributed by atoms with Crippen LogP contribution in [0.5, 0.6) is 0 Å². The minimum Gasteiger partial charge on any atom is -0.294 e. The Labute approximate surface area is 119 Å². The third-order valence-corrected chi connectivity index (χ3v) is 4.76. The fraction of sp³-hybridized carbons (Fsp3) is 0.188. The molecule has 0 aliphatic rings. The molecule has 0 saturated heterocycles. The lowest BCUT2D eigenvalue weighted by atomic mass is 10.1. The van der Waals surface area contributed by atoms with Gasteiger partial charge < -0.3 is 0 Å². The fourth-order valence-electron chi connectivity index (χ4n) is 1.93. The molecule has 0 unspecified atom stereocenters. The summed E-state index contributed by atoms with van der Waals surface area (Å²) in [5.41, 5.74) is 1.30. The Hall–Kier alpha value is -1.94. The number of carbonyl (C=O) groups is 1. The van der Waals surface area contributed by atoms with Crippen molar-refractivity contribution in [3.05, 3.63) is 65.7 Å². The number of Topliss-reactive ketones (excluding diaryl/α,β-unsaturated/α-hetero) is 1. The van der Waals surface area contributed by atoms with Crippen LogP contribution in [-0.4, -0.2) is 14.2 Å². The lowest BCUT2D eigenvalue weighted by Gasteiger charge is -2.05. The Bertz CT molecular complexity index is 686. The van der Waals surface area contributed by atoms with Crippen LogP contribution in [0.4, 0.5) is 0 Å². The molecule has 0 amide bonds. The predicted octanol–water partition coefficient (Wildman–Crippen LogP) is 3.25. The second-order valence-electron chi connectivity index (χ2n) is 4.55. The lowest BCUT2D eigenvalue weighted by Crippen LogP contribution is -2.05. The van der Waals surface area contributed by atoms with E-state index in [1.165, 1.54) is 12.1 Å². The number of rotatable bonds is 5. The van der Waals surface area contributed by atoms with Gasteiger partial charge in [-0.15, -0.1) is 0 Å². The van der Waals surface area contributed by atoms with Crippen LogP contribution in [0.15, 0.2) is 59.5 Å². The monoisotopic (exact) mass is 288 g/mol. The molecule has 20 heavy (non-hydrogen) atoms. The molecule has 0 N–H and O–H groups in total. The van der Waals surface area contributed by atoms with Crippen molar-refractivity contribution in [2.24, 2.45) is 0 Å². The molecule has 0 aromatic heterocycles. The highest BCUT2D eigenvalue weighted by atomic mass is 32.2. The van der Waals surface area contributed by atoms with Crippen molar-refractivity contribution < 1.29 is 13.2 Å². The van der Waals surface area contributed by atoms with E-state index in [4.69, 9.17) is 0 Å². The van der Waals surface area contributed by atoms with E-state index in [0.717, 1.165) is 5.56 Å². The van der Waals surface area contributed by atoms with Gasteiger partial charge >= 0.3 is 0 Å². The molecular weight excluding hydrogens is 272 g/mol. The molecule has 2 aromatic carbocycles. The van der Waals surface area contributed by atoms with Gasteiger partial charge in [0.15, 0.2) is 15.6 Å². The van der Waals surface area contributed by atoms with Gasteiger partial charge in [0.1, 0.15) is 0 Å². The van der Waals surface area contributed by atoms with E-state index >= 15 is 0 Å². The third-order valence-electron chi connectivity index (χ3n) is 3.06. The van der Waals surface area contributed by atoms with Gasteiger partial charge in [-0.1, -0.05) is 49.4 Å². The molecule has 0 bridgehead atoms. The van der Waals surface area contributed by atoms with E-state index in [0.29, 0.717) is 12.0 Å². The first-order valence-electron chi connectivity index (χ1n) is 6.43. The van der Waals surface area contributed by atoms with Crippen molar-refractivity contribution in [1.82, 2.24) is 0 Å². The maximum absolute atomic E-state index is 12.3. The maximum Gasteiger partial charge on any atom is 0.182 e. The van der Waals surface area contributed by atoms with Gasteiger partial charge in [-0.25, -0.2) is 8.42 Å². The minimum atomic E-state index is -3.37. The minimum absolute atomic E-state index is 0.0111. The smallest absolute Gasteiger partial charge is 0.182 e. The average molecular weight is 288 g/mol. The van der Waals surface area contributed by atoms with Gasteiger partial charge in [-0.3, -0.25) is 4.79 Å². The molecule has 0 aliphatic heterocycles. The van der Waals surface area contributed by atoms with Gasteiger partial charge in [0.2, 0.25) is 0 Å². The zero-order valence-corrected chi connectivity index (χ0v) is 12.1. The van der Waals surface area contributed by atoms with Crippen LogP contribution in [0, 0.1) is 0 Å². The Morgan fingerprint density at radius 2 is 1.55 bits per heavy atom. The zero-order valence-electron chi connectivity index (χ0n) is 11.2. The second-order valence-corrected chi connectivity index (χ2v) is 6.54. The fourth-order valence-corrected chi connectivity index (χ4v) is 3.28. The number of hydrogen-bond donors (Lipinski definition) is 0. The van der Waals surface area contributed by atoms with Crippen LogP contribution < -0.4 is 0 Å². The summed E-state index contributed by atoms with van der Waals surface area (Å²) in [5, 5.41) is 0. The number of hydrogen-bond acceptors (Lipinski definition) is 3. The quantitative estimate of drug-likeness (QED) is 0.794. The van der Waals surface area contributed by atoms with E-state index in [1.54, 1.807) is 31.2 Å². The molecule has 4 heteroatoms. The molecule has 0 heterocycles. The SMILES string of the molecule is CCC(=O)c1ccc(S(=O)(=O)Cc2ccccc2)cc1. The van der Waals surface area contributed by atoms with Crippen LogP contribution >= 0.6 is 0 Å². The van der Waals surface area contributed by atoms with Gasteiger partial charge in [0.05, 0.1) is 10.6 Å². The van der Waals surface area contributed by atoms with Crippen LogP contribution in [0.1, 0.15) is 29.3 Å². The maximum atomic E-state index is 12.3. The number of benzene rings is 2. The molecule has 0 spiro atoms. The first-order valence-corrected chi connectivity index (χ1v) is 8.08. The van der Waals surface area contributed by atoms with E-state index in [2.05, 4.69) is 0 Å². The van der Waals surface area contributed by atoms with Gasteiger partial charge in [0, 0.05) is 12.0 Å². The summed E-state index contributed by atoms with van der Waals surface area (Å²) in [4.78, 5) is 11.8. The van der Waals surface area contributed by atoms with E-state index in [-0.39, 0.29) is 16.4 Å². The van der Waals surface area contributed by atoms with Crippen molar-refractivity contribution in [2.45, 2.75) is 24.0 Å². The number of carbonyl (C=O) groups excluding carboxylic acids is 1. The summed E-state index contributed by atoms with van der Waals surface area (Å²) >= 11 is 0. The topological polar surface area (TPSA) is 51.2 Å². The zero-order chi connectivity index (χ0) is 14.6. The van der Waals surface area contributed by atoms with E-state index < -0.39 is 9.84 Å². The van der Waals surface area contributed by atoms with Crippen molar-refractivity contribution in [3.8, 4) is 0 Å². The lowest BCUT2D eigenvalue weighted by molar-refractivity contribution is 0.0988. The normalized spacial score (nSPS) is 11.2. The Kier molecular flexibility index (Phi) is 4.35. The molecule has 0 saturated carbocycles. The highest BCUT2D eigenvalue weighted by molar-refractivity contribution is 7.90. The molecule has 0 radical (unpaired) electrons. The molecule has 104 valence electrons. The molecule has 3 nitrogen and oxygen atoms in total. The summed E-state index contributed by atoms with van der Waals surface area (Å²) in [7, 11) is -3.37. The second kappa shape index (κ2) is 6.01.